The van der Waals surface area contributed by atoms with Gasteiger partial charge >= 0.3 is 0 Å². The highest BCUT2D eigenvalue weighted by Crippen LogP contribution is 2.26. The van der Waals surface area contributed by atoms with E-state index in [0.717, 1.165) is 48.6 Å². The van der Waals surface area contributed by atoms with Crippen molar-refractivity contribution in [2.24, 2.45) is 4.99 Å². The van der Waals surface area contributed by atoms with Gasteiger partial charge in [0.25, 0.3) is 0 Å². The van der Waals surface area contributed by atoms with Crippen molar-refractivity contribution >= 4 is 17.3 Å². The summed E-state index contributed by atoms with van der Waals surface area (Å²) in [5, 5.41) is 8.05. The maximum absolute atomic E-state index is 5.31. The lowest BCUT2D eigenvalue weighted by Crippen LogP contribution is -2.42. The number of ether oxygens (including phenoxy) is 1. The summed E-state index contributed by atoms with van der Waals surface area (Å²) in [6, 6.07) is 8.74. The Morgan fingerprint density at radius 3 is 2.50 bits per heavy atom. The van der Waals surface area contributed by atoms with E-state index < -0.39 is 0 Å². The molecule has 2 aromatic rings. The molecule has 0 bridgehead atoms. The van der Waals surface area contributed by atoms with E-state index in [-0.39, 0.29) is 0 Å². The Labute approximate surface area is 172 Å². The van der Waals surface area contributed by atoms with Crippen molar-refractivity contribution in [3.63, 3.8) is 0 Å². The van der Waals surface area contributed by atoms with Crippen LogP contribution in [0.1, 0.15) is 40.0 Å². The number of likely N-dealkylation sites (tertiary alicyclic amines) is 1. The van der Waals surface area contributed by atoms with E-state index in [0.29, 0.717) is 6.04 Å². The van der Waals surface area contributed by atoms with Crippen LogP contribution in [0.15, 0.2) is 29.3 Å². The summed E-state index contributed by atoms with van der Waals surface area (Å²) in [6.07, 6.45) is 2.53. The summed E-state index contributed by atoms with van der Waals surface area (Å²) < 4.78 is 5.31. The summed E-state index contributed by atoms with van der Waals surface area (Å²) >= 11 is 1.74. The van der Waals surface area contributed by atoms with Crippen LogP contribution in [-0.4, -0.2) is 49.6 Å². The maximum atomic E-state index is 5.31. The molecule has 28 heavy (non-hydrogen) atoms. The molecule has 152 valence electrons. The van der Waals surface area contributed by atoms with Gasteiger partial charge in [-0.25, -0.2) is 4.98 Å². The summed E-state index contributed by atoms with van der Waals surface area (Å²) in [7, 11) is 3.52. The van der Waals surface area contributed by atoms with Crippen LogP contribution in [0.3, 0.4) is 0 Å². The van der Waals surface area contributed by atoms with E-state index in [2.05, 4.69) is 44.6 Å². The number of rotatable bonds is 7. The quantitative estimate of drug-likeness (QED) is 0.551. The van der Waals surface area contributed by atoms with E-state index in [1.54, 1.807) is 18.4 Å². The minimum Gasteiger partial charge on any atom is -0.497 e. The van der Waals surface area contributed by atoms with Crippen LogP contribution >= 0.6 is 11.3 Å². The third-order valence-electron chi connectivity index (χ3n) is 5.18. The molecule has 1 aromatic carbocycles. The molecule has 1 saturated heterocycles. The van der Waals surface area contributed by atoms with Gasteiger partial charge in [-0.05, 0) is 57.5 Å². The number of aliphatic imine (C=N–C) groups is 1. The highest BCUT2D eigenvalue weighted by molar-refractivity contribution is 7.11. The summed E-state index contributed by atoms with van der Waals surface area (Å²) in [5.41, 5.74) is 2.40. The highest BCUT2D eigenvalue weighted by Gasteiger charge is 2.23. The van der Waals surface area contributed by atoms with Crippen LogP contribution in [0.5, 0.6) is 5.75 Å². The molecule has 0 radical (unpaired) electrons. The molecule has 2 heterocycles. The van der Waals surface area contributed by atoms with Crippen molar-refractivity contribution in [2.45, 2.75) is 39.3 Å². The van der Waals surface area contributed by atoms with E-state index in [1.807, 2.05) is 26.1 Å². The fraction of sp³-hybridized carbons (Fsp3) is 0.524. The molecule has 1 aliphatic heterocycles. The Bertz CT molecular complexity index is 781. The lowest BCUT2D eigenvalue weighted by molar-refractivity contribution is 0.245. The number of guanidine groups is 1. The molecule has 1 aromatic heterocycles. The maximum Gasteiger partial charge on any atom is 0.191 e. The van der Waals surface area contributed by atoms with Crippen LogP contribution in [0, 0.1) is 13.8 Å². The number of aryl methyl sites for hydroxylation is 2. The van der Waals surface area contributed by atoms with Crippen LogP contribution in [-0.2, 0) is 6.54 Å². The molecule has 1 aliphatic rings. The minimum absolute atomic E-state index is 0.319. The minimum atomic E-state index is 0.319. The van der Waals surface area contributed by atoms with Crippen LogP contribution in [0.25, 0.3) is 0 Å². The number of methoxy groups -OCH3 is 1. The first-order valence-electron chi connectivity index (χ1n) is 9.86. The van der Waals surface area contributed by atoms with Crippen molar-refractivity contribution in [1.82, 2.24) is 20.5 Å². The molecule has 7 heteroatoms. The molecule has 1 atom stereocenters. The Morgan fingerprint density at radius 1 is 1.21 bits per heavy atom. The standard InChI is InChI=1S/C21H31N5OS/c1-15-20(28-16(2)25-15)14-24-21(22-3)23-13-19(26-11-5-6-12-26)17-7-9-18(27-4)10-8-17/h7-10,19H,5-6,11-14H2,1-4H3,(H2,22,23,24). The van der Waals surface area contributed by atoms with Crippen molar-refractivity contribution in [2.75, 3.05) is 33.8 Å². The normalized spacial score (nSPS) is 16.2. The Hall–Kier alpha value is -2.12. The van der Waals surface area contributed by atoms with Gasteiger partial charge in [0.1, 0.15) is 5.75 Å². The predicted molar refractivity (Wildman–Crippen MR) is 116 cm³/mol. The van der Waals surface area contributed by atoms with Crippen molar-refractivity contribution in [1.29, 1.82) is 0 Å². The van der Waals surface area contributed by atoms with Gasteiger partial charge in [0.15, 0.2) is 5.96 Å². The fourth-order valence-corrected chi connectivity index (χ4v) is 4.53. The third-order valence-corrected chi connectivity index (χ3v) is 6.26. The lowest BCUT2D eigenvalue weighted by atomic mass is 10.1. The van der Waals surface area contributed by atoms with Gasteiger partial charge in [-0.2, -0.15) is 0 Å². The zero-order chi connectivity index (χ0) is 19.9. The van der Waals surface area contributed by atoms with Crippen molar-refractivity contribution < 1.29 is 4.74 Å². The van der Waals surface area contributed by atoms with E-state index >= 15 is 0 Å². The Morgan fingerprint density at radius 2 is 1.93 bits per heavy atom. The van der Waals surface area contributed by atoms with Gasteiger partial charge in [-0.15, -0.1) is 11.3 Å². The van der Waals surface area contributed by atoms with E-state index in [1.165, 1.54) is 23.3 Å². The number of nitrogens with one attached hydrogen (secondary N) is 2. The molecule has 0 saturated carbocycles. The second-order valence-corrected chi connectivity index (χ2v) is 8.37. The van der Waals surface area contributed by atoms with Gasteiger partial charge < -0.3 is 15.4 Å². The second-order valence-electron chi connectivity index (χ2n) is 7.08. The first-order valence-corrected chi connectivity index (χ1v) is 10.7. The van der Waals surface area contributed by atoms with Crippen LogP contribution in [0.4, 0.5) is 0 Å². The van der Waals surface area contributed by atoms with Gasteiger partial charge in [0.2, 0.25) is 0 Å². The largest absolute Gasteiger partial charge is 0.497 e. The number of nitrogens with zero attached hydrogens (tertiary/aromatic N) is 3. The molecule has 1 unspecified atom stereocenters. The predicted octanol–water partition coefficient (Wildman–Crippen LogP) is 3.27. The number of hydrogen-bond acceptors (Lipinski definition) is 5. The highest BCUT2D eigenvalue weighted by atomic mass is 32.1. The number of benzene rings is 1. The average Bonchev–Trinajstić information content (AvgIpc) is 3.34. The first-order chi connectivity index (χ1) is 13.6. The molecular weight excluding hydrogens is 370 g/mol. The van der Waals surface area contributed by atoms with Crippen molar-refractivity contribution in [3.05, 3.63) is 45.4 Å². The second kappa shape index (κ2) is 9.89. The van der Waals surface area contributed by atoms with E-state index in [4.69, 9.17) is 4.74 Å². The van der Waals surface area contributed by atoms with Crippen molar-refractivity contribution in [3.8, 4) is 5.75 Å². The smallest absolute Gasteiger partial charge is 0.191 e. The topological polar surface area (TPSA) is 61.8 Å². The zero-order valence-electron chi connectivity index (χ0n) is 17.3. The number of thiazole rings is 1. The Kier molecular flexibility index (Phi) is 7.28. The van der Waals surface area contributed by atoms with E-state index in [9.17, 15) is 0 Å². The molecule has 3 rings (SSSR count). The summed E-state index contributed by atoms with van der Waals surface area (Å²) in [4.78, 5) is 12.7. The molecule has 1 fully saturated rings. The fourth-order valence-electron chi connectivity index (χ4n) is 3.65. The average molecular weight is 402 g/mol. The molecule has 0 aliphatic carbocycles. The molecular formula is C21H31N5OS. The molecule has 0 spiro atoms. The zero-order valence-corrected chi connectivity index (χ0v) is 18.1. The van der Waals surface area contributed by atoms with Crippen LogP contribution < -0.4 is 15.4 Å². The SMILES string of the molecule is CN=C(NCc1sc(C)nc1C)NCC(c1ccc(OC)cc1)N1CCCC1. The molecule has 0 amide bonds. The van der Waals surface area contributed by atoms with Gasteiger partial charge in [0, 0.05) is 18.5 Å². The summed E-state index contributed by atoms with van der Waals surface area (Å²) in [5.74, 6) is 1.72. The monoisotopic (exact) mass is 401 g/mol. The number of aromatic nitrogens is 1. The van der Waals surface area contributed by atoms with Crippen LogP contribution in [0.2, 0.25) is 0 Å². The first kappa shape index (κ1) is 20.6. The Balaban J connectivity index is 1.63. The van der Waals surface area contributed by atoms with Gasteiger partial charge in [0.05, 0.1) is 30.4 Å². The van der Waals surface area contributed by atoms with Gasteiger partial charge in [-0.1, -0.05) is 12.1 Å². The lowest BCUT2D eigenvalue weighted by Gasteiger charge is -2.29. The van der Waals surface area contributed by atoms with Gasteiger partial charge in [-0.3, -0.25) is 9.89 Å². The third kappa shape index (κ3) is 5.23. The number of hydrogen-bond donors (Lipinski definition) is 2. The molecule has 6 nitrogen and oxygen atoms in total. The summed E-state index contributed by atoms with van der Waals surface area (Å²) in [6.45, 7) is 7.95. The molecule has 2 N–H and O–H groups in total.